The molecule has 0 aliphatic heterocycles. The molecule has 106 valence electrons. The van der Waals surface area contributed by atoms with Crippen LogP contribution in [0.3, 0.4) is 0 Å². The van der Waals surface area contributed by atoms with Crippen molar-refractivity contribution in [3.63, 3.8) is 0 Å². The van der Waals surface area contributed by atoms with Crippen LogP contribution < -0.4 is 5.32 Å². The van der Waals surface area contributed by atoms with Gasteiger partial charge in [0.25, 0.3) is 0 Å². The fraction of sp³-hybridized carbons (Fsp3) is 0.643. The molecule has 1 unspecified atom stereocenters. The molecule has 5 nitrogen and oxygen atoms in total. The van der Waals surface area contributed by atoms with E-state index in [1.165, 1.54) is 13.5 Å². The average Bonchev–Trinajstić information content (AvgIpc) is 2.86. The van der Waals surface area contributed by atoms with E-state index in [0.717, 1.165) is 25.1 Å². The number of carbonyl (C=O) groups excluding carboxylic acids is 1. The molecule has 1 atom stereocenters. The van der Waals surface area contributed by atoms with Gasteiger partial charge in [-0.05, 0) is 38.3 Å². The van der Waals surface area contributed by atoms with Gasteiger partial charge in [-0.25, -0.2) is 4.79 Å². The zero-order chi connectivity index (χ0) is 13.9. The Hall–Kier alpha value is -1.33. The zero-order valence-electron chi connectivity index (χ0n) is 11.7. The summed E-state index contributed by atoms with van der Waals surface area (Å²) in [6.45, 7) is 2.79. The summed E-state index contributed by atoms with van der Waals surface area (Å²) in [5, 5.41) is 3.39. The van der Waals surface area contributed by atoms with Crippen LogP contribution in [0.2, 0.25) is 0 Å². The second kappa shape index (κ2) is 5.75. The average molecular weight is 267 g/mol. The predicted octanol–water partition coefficient (Wildman–Crippen LogP) is 2.29. The minimum absolute atomic E-state index is 0.0218. The first-order valence-electron chi connectivity index (χ1n) is 6.57. The first kappa shape index (κ1) is 14.1. The highest BCUT2D eigenvalue weighted by molar-refractivity contribution is 5.86. The Morgan fingerprint density at radius 2 is 2.21 bits per heavy atom. The molecule has 1 aliphatic carbocycles. The summed E-state index contributed by atoms with van der Waals surface area (Å²) in [4.78, 5) is 11.3. The summed E-state index contributed by atoms with van der Waals surface area (Å²) in [5.41, 5.74) is -0.0218. The second-order valence-electron chi connectivity index (χ2n) is 5.04. The first-order chi connectivity index (χ1) is 9.10. The van der Waals surface area contributed by atoms with Crippen molar-refractivity contribution in [1.29, 1.82) is 0 Å². The molecule has 1 fully saturated rings. The molecule has 0 aromatic carbocycles. The van der Waals surface area contributed by atoms with Crippen LogP contribution in [0, 0.1) is 0 Å². The van der Waals surface area contributed by atoms with Crippen molar-refractivity contribution < 1.29 is 18.7 Å². The van der Waals surface area contributed by atoms with E-state index in [-0.39, 0.29) is 17.4 Å². The molecule has 0 bridgehead atoms. The number of furan rings is 1. The number of ether oxygens (including phenoxy) is 2. The van der Waals surface area contributed by atoms with Gasteiger partial charge in [-0.3, -0.25) is 0 Å². The lowest BCUT2D eigenvalue weighted by Crippen LogP contribution is -2.48. The van der Waals surface area contributed by atoms with E-state index in [0.29, 0.717) is 0 Å². The first-order valence-corrected chi connectivity index (χ1v) is 6.57. The molecule has 1 heterocycles. The zero-order valence-corrected chi connectivity index (χ0v) is 11.7. The van der Waals surface area contributed by atoms with Crippen molar-refractivity contribution in [3.8, 4) is 0 Å². The molecule has 0 radical (unpaired) electrons. The highest BCUT2D eigenvalue weighted by atomic mass is 16.5. The maximum atomic E-state index is 11.3. The molecule has 1 aromatic rings. The molecule has 2 rings (SSSR count). The lowest BCUT2D eigenvalue weighted by molar-refractivity contribution is -0.0709. The van der Waals surface area contributed by atoms with Crippen LogP contribution in [0.1, 0.15) is 48.5 Å². The van der Waals surface area contributed by atoms with Crippen LogP contribution in [0.25, 0.3) is 0 Å². The van der Waals surface area contributed by atoms with Crippen LogP contribution in [-0.2, 0) is 9.47 Å². The van der Waals surface area contributed by atoms with Gasteiger partial charge < -0.3 is 19.2 Å². The number of rotatable bonds is 6. The predicted molar refractivity (Wildman–Crippen MR) is 70.1 cm³/mol. The third-order valence-corrected chi connectivity index (χ3v) is 3.87. The Morgan fingerprint density at radius 1 is 1.47 bits per heavy atom. The molecule has 1 aliphatic rings. The molecule has 0 spiro atoms. The maximum Gasteiger partial charge on any atom is 0.373 e. The second-order valence-corrected chi connectivity index (χ2v) is 5.04. The lowest BCUT2D eigenvalue weighted by Gasteiger charge is -2.41. The number of carbonyl (C=O) groups is 1. The number of methoxy groups -OCH3 is 2. The quantitative estimate of drug-likeness (QED) is 0.801. The molecule has 1 saturated carbocycles. The summed E-state index contributed by atoms with van der Waals surface area (Å²) >= 11 is 0. The fourth-order valence-corrected chi connectivity index (χ4v) is 2.26. The number of hydrogen-bond donors (Lipinski definition) is 1. The van der Waals surface area contributed by atoms with Gasteiger partial charge in [-0.15, -0.1) is 0 Å². The number of esters is 1. The Kier molecular flexibility index (Phi) is 4.27. The molecule has 19 heavy (non-hydrogen) atoms. The van der Waals surface area contributed by atoms with Crippen molar-refractivity contribution >= 4 is 5.97 Å². The molecule has 0 amide bonds. The Morgan fingerprint density at radius 3 is 2.74 bits per heavy atom. The van der Waals surface area contributed by atoms with Crippen molar-refractivity contribution in [2.75, 3.05) is 20.8 Å². The van der Waals surface area contributed by atoms with Crippen molar-refractivity contribution in [3.05, 3.63) is 23.7 Å². The van der Waals surface area contributed by atoms with Crippen LogP contribution in [-0.4, -0.2) is 32.3 Å². The minimum atomic E-state index is -0.453. The van der Waals surface area contributed by atoms with Gasteiger partial charge in [0, 0.05) is 13.7 Å². The molecule has 1 aromatic heterocycles. The summed E-state index contributed by atoms with van der Waals surface area (Å²) in [5.74, 6) is 0.507. The molecule has 1 N–H and O–H groups in total. The van der Waals surface area contributed by atoms with Crippen molar-refractivity contribution in [2.24, 2.45) is 0 Å². The number of hydrogen-bond acceptors (Lipinski definition) is 5. The maximum absolute atomic E-state index is 11.3. The Labute approximate surface area is 113 Å². The summed E-state index contributed by atoms with van der Waals surface area (Å²) in [7, 11) is 3.10. The normalized spacial score (nSPS) is 18.7. The van der Waals surface area contributed by atoms with E-state index in [2.05, 4.69) is 10.1 Å². The van der Waals surface area contributed by atoms with E-state index in [1.54, 1.807) is 19.2 Å². The van der Waals surface area contributed by atoms with Crippen LogP contribution >= 0.6 is 0 Å². The van der Waals surface area contributed by atoms with Gasteiger partial charge in [0.15, 0.2) is 0 Å². The van der Waals surface area contributed by atoms with E-state index in [1.807, 2.05) is 6.92 Å². The lowest BCUT2D eigenvalue weighted by atomic mass is 9.80. The van der Waals surface area contributed by atoms with E-state index >= 15 is 0 Å². The smallest absolute Gasteiger partial charge is 0.373 e. The van der Waals surface area contributed by atoms with Gasteiger partial charge >= 0.3 is 5.97 Å². The van der Waals surface area contributed by atoms with E-state index < -0.39 is 5.97 Å². The summed E-state index contributed by atoms with van der Waals surface area (Å²) < 4.78 is 15.6. The van der Waals surface area contributed by atoms with Gasteiger partial charge in [-0.2, -0.15) is 0 Å². The largest absolute Gasteiger partial charge is 0.463 e. The van der Waals surface area contributed by atoms with Crippen molar-refractivity contribution in [1.82, 2.24) is 5.32 Å². The molecule has 5 heteroatoms. The minimum Gasteiger partial charge on any atom is -0.463 e. The topological polar surface area (TPSA) is 60.7 Å². The van der Waals surface area contributed by atoms with Crippen LogP contribution in [0.5, 0.6) is 0 Å². The molecular formula is C14H21NO4. The summed E-state index contributed by atoms with van der Waals surface area (Å²) in [6.07, 6.45) is 3.40. The third kappa shape index (κ3) is 2.98. The summed E-state index contributed by atoms with van der Waals surface area (Å²) in [6, 6.07) is 3.46. The standard InChI is InChI=1S/C14H21NO4/c1-10(15-9-14(18-3)7-4-8-14)11-5-6-12(19-11)13(16)17-2/h5-6,10,15H,4,7-9H2,1-3H3. The van der Waals surface area contributed by atoms with E-state index in [4.69, 9.17) is 9.15 Å². The van der Waals surface area contributed by atoms with E-state index in [9.17, 15) is 4.79 Å². The molecular weight excluding hydrogens is 246 g/mol. The van der Waals surface area contributed by atoms with Crippen molar-refractivity contribution in [2.45, 2.75) is 37.8 Å². The fourth-order valence-electron chi connectivity index (χ4n) is 2.26. The highest BCUT2D eigenvalue weighted by Gasteiger charge is 2.37. The van der Waals surface area contributed by atoms with Gasteiger partial charge in [0.1, 0.15) is 5.76 Å². The van der Waals surface area contributed by atoms with Gasteiger partial charge in [-0.1, -0.05) is 0 Å². The number of nitrogens with one attached hydrogen (secondary N) is 1. The molecule has 0 saturated heterocycles. The van der Waals surface area contributed by atoms with Crippen LogP contribution in [0.15, 0.2) is 16.5 Å². The highest BCUT2D eigenvalue weighted by Crippen LogP contribution is 2.34. The monoisotopic (exact) mass is 267 g/mol. The van der Waals surface area contributed by atoms with Crippen LogP contribution in [0.4, 0.5) is 0 Å². The Bertz CT molecular complexity index is 431. The SMILES string of the molecule is COC(=O)c1ccc(C(C)NCC2(OC)CCC2)o1. The Balaban J connectivity index is 1.90. The third-order valence-electron chi connectivity index (χ3n) is 3.87. The van der Waals surface area contributed by atoms with Gasteiger partial charge in [0.2, 0.25) is 5.76 Å². The van der Waals surface area contributed by atoms with Gasteiger partial charge in [0.05, 0.1) is 18.8 Å².